The van der Waals surface area contributed by atoms with E-state index in [4.69, 9.17) is 0 Å². The van der Waals surface area contributed by atoms with Gasteiger partial charge in [-0.3, -0.25) is 0 Å². The fourth-order valence-corrected chi connectivity index (χ4v) is 0.768. The van der Waals surface area contributed by atoms with E-state index >= 15 is 0 Å². The Morgan fingerprint density at radius 1 is 0.923 bits per heavy atom. The van der Waals surface area contributed by atoms with E-state index < -0.39 is 0 Å². The van der Waals surface area contributed by atoms with Crippen LogP contribution in [0.4, 0.5) is 0 Å². The molecular weight excluding hydrogens is 192 g/mol. The van der Waals surface area contributed by atoms with E-state index in [1.165, 1.54) is 0 Å². The molecule has 1 nitrogen and oxygen atoms in total. The molecule has 0 aromatic heterocycles. The van der Waals surface area contributed by atoms with Crippen molar-refractivity contribution in [1.29, 1.82) is 0 Å². The predicted octanol–water partition coefficient (Wildman–Crippen LogP) is 0.536. The first-order valence-corrected chi connectivity index (χ1v) is 5.66. The highest BCUT2D eigenvalue weighted by Gasteiger charge is 1.84. The second-order valence-corrected chi connectivity index (χ2v) is 5.75. The minimum atomic E-state index is 0.931. The topological polar surface area (TPSA) is 9.23 Å². The third-order valence-corrected chi connectivity index (χ3v) is 1.41. The molecule has 0 aliphatic carbocycles. The molecule has 0 atom stereocenters. The number of benzene rings is 1. The molecule has 0 aliphatic heterocycles. The summed E-state index contributed by atoms with van der Waals surface area (Å²) in [6.07, 6.45) is 3.65. The normalized spacial score (nSPS) is 8.62. The average molecular weight is 208 g/mol. The van der Waals surface area contributed by atoms with Gasteiger partial charge in [0.25, 0.3) is 0 Å². The van der Waals surface area contributed by atoms with Gasteiger partial charge in [0, 0.05) is 0 Å². The molecule has 0 fully saturated rings. The lowest BCUT2D eigenvalue weighted by Gasteiger charge is -1.92. The van der Waals surface area contributed by atoms with Crippen LogP contribution in [-0.2, 0) is 4.12 Å². The highest BCUT2D eigenvalue weighted by atomic mass is 28.3. The van der Waals surface area contributed by atoms with Gasteiger partial charge in [0.1, 0.15) is 21.0 Å². The second kappa shape index (κ2) is 7.73. The lowest BCUT2D eigenvalue weighted by molar-refractivity contribution is 0.690. The molecule has 70 valence electrons. The van der Waals surface area contributed by atoms with Crippen LogP contribution in [0.25, 0.3) is 12.2 Å². The second-order valence-electron chi connectivity index (χ2n) is 2.48. The van der Waals surface area contributed by atoms with Gasteiger partial charge in [-0.15, -0.1) is 0 Å². The summed E-state index contributed by atoms with van der Waals surface area (Å²) in [5.74, 6) is 0. The van der Waals surface area contributed by atoms with E-state index in [2.05, 4.69) is 17.3 Å². The fraction of sp³-hybridized carbons (Fsp3) is 0. The summed E-state index contributed by atoms with van der Waals surface area (Å²) >= 11 is 0. The monoisotopic (exact) mass is 208 g/mol. The Morgan fingerprint density at radius 2 is 1.15 bits per heavy atom. The molecule has 13 heavy (non-hydrogen) atoms. The van der Waals surface area contributed by atoms with Crippen molar-refractivity contribution in [2.45, 2.75) is 0 Å². The third-order valence-electron chi connectivity index (χ3n) is 1.41. The zero-order chi connectivity index (χ0) is 10.1. The molecular formula is C10H16OSi2. The molecule has 3 heteroatoms. The Labute approximate surface area is 86.2 Å². The minimum Gasteiger partial charge on any atom is -0.471 e. The third kappa shape index (κ3) is 5.35. The maximum atomic E-state index is 4.53. The molecule has 0 spiro atoms. The zero-order valence-electron chi connectivity index (χ0n) is 8.29. The summed E-state index contributed by atoms with van der Waals surface area (Å²) in [6, 6.07) is 8.07. The quantitative estimate of drug-likeness (QED) is 0.645. The number of rotatable bonds is 2. The molecule has 0 unspecified atom stereocenters. The number of hydrogen-bond donors (Lipinski definition) is 0. The van der Waals surface area contributed by atoms with Crippen LogP contribution in [0.1, 0.15) is 11.1 Å². The van der Waals surface area contributed by atoms with Crippen molar-refractivity contribution < 1.29 is 4.12 Å². The first-order valence-electron chi connectivity index (χ1n) is 4.03. The smallest absolute Gasteiger partial charge is 0.129 e. The van der Waals surface area contributed by atoms with Crippen LogP contribution in [0, 0.1) is 0 Å². The van der Waals surface area contributed by atoms with Gasteiger partial charge in [-0.2, -0.15) is 0 Å². The van der Waals surface area contributed by atoms with Crippen LogP contribution in [0.5, 0.6) is 0 Å². The van der Waals surface area contributed by atoms with Crippen LogP contribution in [0.15, 0.2) is 37.4 Å². The van der Waals surface area contributed by atoms with Crippen LogP contribution in [0.2, 0.25) is 0 Å². The molecule has 1 aromatic rings. The van der Waals surface area contributed by atoms with Crippen molar-refractivity contribution in [2.24, 2.45) is 0 Å². The molecule has 0 saturated heterocycles. The van der Waals surface area contributed by atoms with Gasteiger partial charge in [0.15, 0.2) is 0 Å². The van der Waals surface area contributed by atoms with E-state index in [-0.39, 0.29) is 0 Å². The van der Waals surface area contributed by atoms with E-state index in [0.717, 1.165) is 32.1 Å². The molecule has 1 aromatic carbocycles. The van der Waals surface area contributed by atoms with Crippen LogP contribution >= 0.6 is 0 Å². The first-order chi connectivity index (χ1) is 6.28. The van der Waals surface area contributed by atoms with Crippen molar-refractivity contribution in [3.63, 3.8) is 0 Å². The Kier molecular flexibility index (Phi) is 7.19. The average Bonchev–Trinajstić information content (AvgIpc) is 2.19. The van der Waals surface area contributed by atoms with E-state index in [1.54, 1.807) is 0 Å². The van der Waals surface area contributed by atoms with Crippen molar-refractivity contribution in [2.75, 3.05) is 0 Å². The van der Waals surface area contributed by atoms with Gasteiger partial charge in [-0.05, 0) is 11.1 Å². The van der Waals surface area contributed by atoms with Crippen LogP contribution in [0.3, 0.4) is 0 Å². The summed E-state index contributed by atoms with van der Waals surface area (Å²) in [5.41, 5.74) is 2.29. The van der Waals surface area contributed by atoms with Gasteiger partial charge in [0.05, 0.1) is 0 Å². The molecule has 0 heterocycles. The first kappa shape index (κ1) is 12.1. The Morgan fingerprint density at radius 3 is 1.31 bits per heavy atom. The zero-order valence-corrected chi connectivity index (χ0v) is 12.3. The molecule has 0 N–H and O–H groups in total. The van der Waals surface area contributed by atoms with Crippen LogP contribution in [-0.4, -0.2) is 21.0 Å². The Bertz CT molecular complexity index is 227. The SMILES string of the molecule is C=Cc1ccc(C=C)cc1.[SiH3]O[SiH3]. The van der Waals surface area contributed by atoms with E-state index in [9.17, 15) is 0 Å². The van der Waals surface area contributed by atoms with E-state index in [1.807, 2.05) is 36.4 Å². The maximum absolute atomic E-state index is 4.53. The molecule has 0 amide bonds. The van der Waals surface area contributed by atoms with Gasteiger partial charge in [-0.25, -0.2) is 0 Å². The lowest BCUT2D eigenvalue weighted by Crippen LogP contribution is -1.71. The summed E-state index contributed by atoms with van der Waals surface area (Å²) in [7, 11) is 1.86. The summed E-state index contributed by atoms with van der Waals surface area (Å²) < 4.78 is 4.53. The van der Waals surface area contributed by atoms with Gasteiger partial charge in [-0.1, -0.05) is 49.6 Å². The minimum absolute atomic E-state index is 0.931. The van der Waals surface area contributed by atoms with Gasteiger partial charge >= 0.3 is 0 Å². The van der Waals surface area contributed by atoms with Gasteiger partial charge in [0.2, 0.25) is 0 Å². The van der Waals surface area contributed by atoms with Crippen LogP contribution < -0.4 is 0 Å². The summed E-state index contributed by atoms with van der Waals surface area (Å²) in [4.78, 5) is 0. The van der Waals surface area contributed by atoms with Crippen molar-refractivity contribution in [1.82, 2.24) is 0 Å². The molecule has 0 saturated carbocycles. The molecule has 0 bridgehead atoms. The number of hydrogen-bond acceptors (Lipinski definition) is 1. The van der Waals surface area contributed by atoms with Crippen molar-refractivity contribution in [3.05, 3.63) is 48.6 Å². The Balaban J connectivity index is 0.000000424. The molecule has 0 aliphatic rings. The summed E-state index contributed by atoms with van der Waals surface area (Å²) in [5, 5.41) is 0. The highest BCUT2D eigenvalue weighted by Crippen LogP contribution is 2.05. The van der Waals surface area contributed by atoms with Crippen molar-refractivity contribution >= 4 is 33.1 Å². The predicted molar refractivity (Wildman–Crippen MR) is 67.6 cm³/mol. The largest absolute Gasteiger partial charge is 0.471 e. The standard InChI is InChI=1S/C10H10.H6OSi2/c1-3-9-5-7-10(4-2)8-6-9;2-1-3/h3-8H,1-2H2;2-3H3. The highest BCUT2D eigenvalue weighted by molar-refractivity contribution is 6.15. The van der Waals surface area contributed by atoms with E-state index in [0.29, 0.717) is 0 Å². The molecule has 0 radical (unpaired) electrons. The van der Waals surface area contributed by atoms with Crippen molar-refractivity contribution in [3.8, 4) is 0 Å². The maximum Gasteiger partial charge on any atom is 0.129 e. The van der Waals surface area contributed by atoms with Gasteiger partial charge < -0.3 is 4.12 Å². The fourth-order valence-electron chi connectivity index (χ4n) is 0.768. The Hall–Kier alpha value is -0.906. The lowest BCUT2D eigenvalue weighted by atomic mass is 10.1. The summed E-state index contributed by atoms with van der Waals surface area (Å²) in [6.45, 7) is 7.32. The molecule has 1 rings (SSSR count).